The Kier molecular flexibility index (Phi) is 63.5. The minimum absolute atomic E-state index is 0.133. The largest absolute Gasteiger partial charge is 0.462 e. The van der Waals surface area contributed by atoms with Crippen LogP contribution in [-0.4, -0.2) is 37.2 Å². The third kappa shape index (κ3) is 66.7. The molecule has 6 nitrogen and oxygen atoms in total. The second-order valence-electron chi connectivity index (χ2n) is 20.5. The van der Waals surface area contributed by atoms with Gasteiger partial charge in [-0.3, -0.25) is 14.4 Å². The maximum absolute atomic E-state index is 12.9. The van der Waals surface area contributed by atoms with Crippen LogP contribution >= 0.6 is 0 Å². The normalized spacial score (nSPS) is 13.5. The molecule has 0 fully saturated rings. The molecule has 0 heterocycles. The summed E-state index contributed by atoms with van der Waals surface area (Å²) in [4.78, 5) is 38.3. The molecule has 0 spiro atoms. The highest BCUT2D eigenvalue weighted by Gasteiger charge is 2.19. The van der Waals surface area contributed by atoms with Crippen LogP contribution in [0, 0.1) is 0 Å². The Labute approximate surface area is 509 Å². The second kappa shape index (κ2) is 68.5. The van der Waals surface area contributed by atoms with Gasteiger partial charge in [0, 0.05) is 19.3 Å². The van der Waals surface area contributed by atoms with Crippen LogP contribution < -0.4 is 0 Å². The Balaban J connectivity index is 4.43. The fourth-order valence-electron chi connectivity index (χ4n) is 8.03. The Bertz CT molecular complexity index is 2030. The highest BCUT2D eigenvalue weighted by Crippen LogP contribution is 2.13. The molecule has 0 aliphatic heterocycles. The highest BCUT2D eigenvalue weighted by molar-refractivity contribution is 5.71. The number of carbonyl (C=O) groups excluding carboxylic acids is 3. The van der Waals surface area contributed by atoms with Gasteiger partial charge in [0.25, 0.3) is 0 Å². The van der Waals surface area contributed by atoms with Crippen LogP contribution in [-0.2, 0) is 28.6 Å². The number of hydrogen-bond acceptors (Lipinski definition) is 6. The van der Waals surface area contributed by atoms with Gasteiger partial charge < -0.3 is 14.2 Å². The molecule has 0 radical (unpaired) electrons. The zero-order valence-electron chi connectivity index (χ0n) is 52.6. The second-order valence-corrected chi connectivity index (χ2v) is 20.5. The fourth-order valence-corrected chi connectivity index (χ4v) is 8.03. The molecule has 6 heteroatoms. The zero-order valence-corrected chi connectivity index (χ0v) is 52.6. The Hall–Kier alpha value is -6.01. The monoisotopic (exact) mass is 1140 g/mol. The van der Waals surface area contributed by atoms with E-state index in [1.54, 1.807) is 0 Å². The van der Waals surface area contributed by atoms with Crippen molar-refractivity contribution in [2.45, 2.75) is 245 Å². The number of carbonyl (C=O) groups is 3. The molecule has 1 unspecified atom stereocenters. The molecule has 83 heavy (non-hydrogen) atoms. The van der Waals surface area contributed by atoms with E-state index in [1.807, 2.05) is 12.2 Å². The number of ether oxygens (including phenoxy) is 3. The van der Waals surface area contributed by atoms with E-state index < -0.39 is 12.1 Å². The molecule has 0 aromatic carbocycles. The molecule has 0 aliphatic carbocycles. The minimum Gasteiger partial charge on any atom is -0.462 e. The SMILES string of the molecule is CC/C=C\C/C=C\C/C=C\C/C=C\C/C=C\C/C=C\C/C=C\C/C=C\CCCCCCCCCCC(=O)OCC(COC(=O)CCCCC/C=C\C/C=C\C/C=C\CC)OC(=O)CC/C=C\C/C=C\C/C=C\C/C=C\C/C=C\C/C=C\CC. The summed E-state index contributed by atoms with van der Waals surface area (Å²) < 4.78 is 16.8. The standard InChI is InChI=1S/C77H116O6/c1-4-7-10-13-16-19-22-25-27-29-31-32-33-34-35-36-37-38-39-40-41-42-43-44-46-47-49-52-55-58-61-64-67-70-76(79)82-73-74(72-81-75(78)69-66-63-60-57-54-51-24-21-18-15-12-9-6-3)83-77(80)71-68-65-62-59-56-53-50-48-45-30-28-26-23-20-17-14-11-8-5-2/h7-12,16-21,25-28,31-32,34-35,37-38,40-41,43-45,48,51,53-54,56,62,65,74H,4-6,13-15,22-24,29-30,33,36,39,42,46-47,49-50,52,55,57-61,63-64,66-73H2,1-3H3/b10-7-,11-8-,12-9-,19-16-,20-17-,21-18-,27-25-,28-26-,32-31-,35-34-,38-37-,41-40-,44-43-,48-45-,54-51-,56-53-,65-62-. The summed E-state index contributed by atoms with van der Waals surface area (Å²) in [5, 5.41) is 0. The van der Waals surface area contributed by atoms with E-state index in [4.69, 9.17) is 14.2 Å². The molecular formula is C77H116O6. The van der Waals surface area contributed by atoms with E-state index in [2.05, 4.69) is 215 Å². The summed E-state index contributed by atoms with van der Waals surface area (Å²) in [6.45, 7) is 6.18. The lowest BCUT2D eigenvalue weighted by molar-refractivity contribution is -0.166. The molecule has 0 amide bonds. The van der Waals surface area contributed by atoms with Crippen LogP contribution in [0.15, 0.2) is 207 Å². The average molecular weight is 1140 g/mol. The third-order valence-electron chi connectivity index (χ3n) is 12.8. The van der Waals surface area contributed by atoms with Crippen molar-refractivity contribution in [1.82, 2.24) is 0 Å². The van der Waals surface area contributed by atoms with Gasteiger partial charge in [-0.2, -0.15) is 0 Å². The van der Waals surface area contributed by atoms with E-state index in [1.165, 1.54) is 32.1 Å². The molecule has 0 bridgehead atoms. The van der Waals surface area contributed by atoms with Gasteiger partial charge in [0.15, 0.2) is 6.10 Å². The van der Waals surface area contributed by atoms with Crippen LogP contribution in [0.2, 0.25) is 0 Å². The van der Waals surface area contributed by atoms with Crippen molar-refractivity contribution in [2.75, 3.05) is 13.2 Å². The molecule has 0 aromatic heterocycles. The number of hydrogen-bond donors (Lipinski definition) is 0. The molecule has 0 rings (SSSR count). The van der Waals surface area contributed by atoms with Gasteiger partial charge in [0.1, 0.15) is 13.2 Å². The molecule has 0 aliphatic rings. The van der Waals surface area contributed by atoms with Crippen molar-refractivity contribution in [3.05, 3.63) is 207 Å². The molecule has 0 saturated heterocycles. The van der Waals surface area contributed by atoms with E-state index in [9.17, 15) is 14.4 Å². The highest BCUT2D eigenvalue weighted by atomic mass is 16.6. The molecule has 1 atom stereocenters. The topological polar surface area (TPSA) is 78.9 Å². The number of rotatable bonds is 56. The summed E-state index contributed by atoms with van der Waals surface area (Å²) in [6.07, 6.45) is 106. The van der Waals surface area contributed by atoms with Crippen LogP contribution in [0.3, 0.4) is 0 Å². The van der Waals surface area contributed by atoms with Gasteiger partial charge in [0.2, 0.25) is 0 Å². The predicted molar refractivity (Wildman–Crippen MR) is 361 cm³/mol. The van der Waals surface area contributed by atoms with E-state index in [-0.39, 0.29) is 31.6 Å². The number of unbranched alkanes of at least 4 members (excludes halogenated alkanes) is 11. The van der Waals surface area contributed by atoms with Gasteiger partial charge in [-0.15, -0.1) is 0 Å². The first-order valence-electron chi connectivity index (χ1n) is 32.6. The first-order chi connectivity index (χ1) is 41.0. The summed E-state index contributed by atoms with van der Waals surface area (Å²) in [5.74, 6) is -1.07. The fraction of sp³-hybridized carbons (Fsp3) is 0.519. The smallest absolute Gasteiger partial charge is 0.306 e. The molecule has 0 N–H and O–H groups in total. The lowest BCUT2D eigenvalue weighted by Gasteiger charge is -2.18. The molecule has 460 valence electrons. The first kappa shape index (κ1) is 77.0. The molecular weight excluding hydrogens is 1020 g/mol. The van der Waals surface area contributed by atoms with Crippen molar-refractivity contribution in [2.24, 2.45) is 0 Å². The van der Waals surface area contributed by atoms with Crippen LogP contribution in [0.1, 0.15) is 239 Å². The van der Waals surface area contributed by atoms with Crippen molar-refractivity contribution in [3.63, 3.8) is 0 Å². The maximum atomic E-state index is 12.9. The summed E-state index contributed by atoms with van der Waals surface area (Å²) in [6, 6.07) is 0. The van der Waals surface area contributed by atoms with Crippen molar-refractivity contribution in [3.8, 4) is 0 Å². The summed E-state index contributed by atoms with van der Waals surface area (Å²) in [5.41, 5.74) is 0. The van der Waals surface area contributed by atoms with Gasteiger partial charge >= 0.3 is 17.9 Å². The van der Waals surface area contributed by atoms with Gasteiger partial charge in [-0.25, -0.2) is 0 Å². The van der Waals surface area contributed by atoms with E-state index in [0.717, 1.165) is 161 Å². The number of allylic oxidation sites excluding steroid dienone is 34. The van der Waals surface area contributed by atoms with Crippen LogP contribution in [0.5, 0.6) is 0 Å². The van der Waals surface area contributed by atoms with Crippen molar-refractivity contribution < 1.29 is 28.6 Å². The van der Waals surface area contributed by atoms with Gasteiger partial charge in [0.05, 0.1) is 0 Å². The minimum atomic E-state index is -0.848. The lowest BCUT2D eigenvalue weighted by atomic mass is 10.1. The summed E-state index contributed by atoms with van der Waals surface area (Å²) in [7, 11) is 0. The van der Waals surface area contributed by atoms with Crippen molar-refractivity contribution >= 4 is 17.9 Å². The maximum Gasteiger partial charge on any atom is 0.306 e. The van der Waals surface area contributed by atoms with Gasteiger partial charge in [-0.1, -0.05) is 272 Å². The Morgan fingerprint density at radius 2 is 0.458 bits per heavy atom. The Morgan fingerprint density at radius 3 is 0.735 bits per heavy atom. The van der Waals surface area contributed by atoms with Crippen LogP contribution in [0.4, 0.5) is 0 Å². The lowest BCUT2D eigenvalue weighted by Crippen LogP contribution is -2.30. The van der Waals surface area contributed by atoms with Crippen molar-refractivity contribution in [1.29, 1.82) is 0 Å². The first-order valence-corrected chi connectivity index (χ1v) is 32.6. The average Bonchev–Trinajstić information content (AvgIpc) is 3.49. The molecule has 0 saturated carbocycles. The summed E-state index contributed by atoms with van der Waals surface area (Å²) >= 11 is 0. The molecule has 0 aromatic rings. The zero-order chi connectivity index (χ0) is 59.9. The Morgan fingerprint density at radius 1 is 0.241 bits per heavy atom. The quantitative estimate of drug-likeness (QED) is 0.0261. The van der Waals surface area contributed by atoms with E-state index in [0.29, 0.717) is 19.3 Å². The number of esters is 3. The van der Waals surface area contributed by atoms with E-state index >= 15 is 0 Å². The van der Waals surface area contributed by atoms with Gasteiger partial charge in [-0.05, 0) is 154 Å². The third-order valence-corrected chi connectivity index (χ3v) is 12.8. The predicted octanol–water partition coefficient (Wildman–Crippen LogP) is 22.8. The van der Waals surface area contributed by atoms with Crippen LogP contribution in [0.25, 0.3) is 0 Å².